The van der Waals surface area contributed by atoms with E-state index in [1.165, 1.54) is 11.1 Å². The first-order valence-corrected chi connectivity index (χ1v) is 7.15. The van der Waals surface area contributed by atoms with Crippen molar-refractivity contribution in [2.45, 2.75) is 38.6 Å². The summed E-state index contributed by atoms with van der Waals surface area (Å²) < 4.78 is 0. The molecule has 0 aliphatic carbocycles. The van der Waals surface area contributed by atoms with E-state index in [-0.39, 0.29) is 11.9 Å². The van der Waals surface area contributed by atoms with Crippen LogP contribution in [0.4, 0.5) is 0 Å². The highest BCUT2D eigenvalue weighted by Gasteiger charge is 2.27. The van der Waals surface area contributed by atoms with Crippen LogP contribution in [0.2, 0.25) is 0 Å². The lowest BCUT2D eigenvalue weighted by molar-refractivity contribution is -0.131. The van der Waals surface area contributed by atoms with Crippen molar-refractivity contribution in [3.05, 3.63) is 35.4 Å². The number of likely N-dealkylation sites (tertiary alicyclic amines) is 1. The molecule has 0 radical (unpaired) electrons. The molecule has 1 aromatic carbocycles. The number of carbonyl (C=O) groups excluding carboxylic acids is 1. The lowest BCUT2D eigenvalue weighted by Gasteiger charge is -2.23. The number of alkyl halides is 1. The first kappa shape index (κ1) is 13.4. The largest absolute Gasteiger partial charge is 0.339 e. The second-order valence-corrected chi connectivity index (χ2v) is 5.27. The molecule has 1 aliphatic heterocycles. The van der Waals surface area contributed by atoms with Crippen molar-refractivity contribution >= 4 is 17.5 Å². The van der Waals surface area contributed by atoms with Gasteiger partial charge in [0.2, 0.25) is 5.91 Å². The normalized spacial score (nSPS) is 19.2. The molecule has 3 heteroatoms. The van der Waals surface area contributed by atoms with Crippen LogP contribution in [0.5, 0.6) is 0 Å². The predicted molar refractivity (Wildman–Crippen MR) is 75.0 cm³/mol. The molecule has 1 unspecified atom stereocenters. The third-order valence-electron chi connectivity index (χ3n) is 3.75. The summed E-state index contributed by atoms with van der Waals surface area (Å²) in [7, 11) is 0. The number of nitrogens with zero attached hydrogens (tertiary/aromatic N) is 1. The van der Waals surface area contributed by atoms with Crippen molar-refractivity contribution in [1.29, 1.82) is 0 Å². The third kappa shape index (κ3) is 3.05. The molecule has 1 amide bonds. The summed E-state index contributed by atoms with van der Waals surface area (Å²) in [6.07, 6.45) is 3.57. The van der Waals surface area contributed by atoms with Gasteiger partial charge in [0.1, 0.15) is 0 Å². The van der Waals surface area contributed by atoms with Gasteiger partial charge in [-0.05, 0) is 37.3 Å². The molecule has 1 aromatic rings. The lowest BCUT2D eigenvalue weighted by Crippen LogP contribution is -2.36. The summed E-state index contributed by atoms with van der Waals surface area (Å²) in [5, 5.41) is 0. The zero-order valence-corrected chi connectivity index (χ0v) is 11.6. The van der Waals surface area contributed by atoms with Gasteiger partial charge >= 0.3 is 0 Å². The van der Waals surface area contributed by atoms with Crippen molar-refractivity contribution in [3.63, 3.8) is 0 Å². The van der Waals surface area contributed by atoms with E-state index in [1.807, 2.05) is 17.0 Å². The monoisotopic (exact) mass is 265 g/mol. The molecule has 0 N–H and O–H groups in total. The molecule has 0 aromatic heterocycles. The third-order valence-corrected chi connectivity index (χ3v) is 4.10. The van der Waals surface area contributed by atoms with Crippen molar-refractivity contribution in [3.8, 4) is 0 Å². The van der Waals surface area contributed by atoms with Gasteiger partial charge in [0.25, 0.3) is 0 Å². The second-order valence-electron chi connectivity index (χ2n) is 4.96. The van der Waals surface area contributed by atoms with E-state index < -0.39 is 0 Å². The van der Waals surface area contributed by atoms with Crippen LogP contribution in [0.1, 0.15) is 30.4 Å². The molecule has 0 spiro atoms. The van der Waals surface area contributed by atoms with Crippen LogP contribution in [0.25, 0.3) is 0 Å². The smallest absolute Gasteiger partial charge is 0.223 e. The summed E-state index contributed by atoms with van der Waals surface area (Å²) in [4.78, 5) is 14.1. The first-order valence-electron chi connectivity index (χ1n) is 6.62. The predicted octanol–water partition coefficient (Wildman–Crippen LogP) is 3.16. The van der Waals surface area contributed by atoms with Crippen molar-refractivity contribution in [2.24, 2.45) is 0 Å². The van der Waals surface area contributed by atoms with Crippen molar-refractivity contribution < 1.29 is 4.79 Å². The van der Waals surface area contributed by atoms with Crippen LogP contribution >= 0.6 is 11.6 Å². The number of benzene rings is 1. The quantitative estimate of drug-likeness (QED) is 0.766. The Morgan fingerprint density at radius 1 is 1.44 bits per heavy atom. The van der Waals surface area contributed by atoms with E-state index >= 15 is 0 Å². The number of hydrogen-bond donors (Lipinski definition) is 0. The molecule has 1 heterocycles. The molecule has 18 heavy (non-hydrogen) atoms. The number of aryl methyl sites for hydroxylation is 2. The van der Waals surface area contributed by atoms with Crippen LogP contribution in [-0.4, -0.2) is 29.3 Å². The number of hydrogen-bond acceptors (Lipinski definition) is 1. The highest BCUT2D eigenvalue weighted by atomic mass is 35.5. The molecule has 0 bridgehead atoms. The van der Waals surface area contributed by atoms with E-state index in [2.05, 4.69) is 19.1 Å². The maximum absolute atomic E-state index is 12.2. The molecule has 1 atom stereocenters. The minimum absolute atomic E-state index is 0.251. The van der Waals surface area contributed by atoms with Gasteiger partial charge in [-0.25, -0.2) is 0 Å². The Kier molecular flexibility index (Phi) is 4.65. The van der Waals surface area contributed by atoms with E-state index in [0.717, 1.165) is 25.8 Å². The fourth-order valence-electron chi connectivity index (χ4n) is 2.60. The number of rotatable bonds is 4. The summed E-state index contributed by atoms with van der Waals surface area (Å²) >= 11 is 5.90. The second kappa shape index (κ2) is 6.24. The van der Waals surface area contributed by atoms with Crippen LogP contribution in [0.3, 0.4) is 0 Å². The van der Waals surface area contributed by atoms with Crippen molar-refractivity contribution in [1.82, 2.24) is 4.90 Å². The molecule has 98 valence electrons. The fraction of sp³-hybridized carbons (Fsp3) is 0.533. The zero-order chi connectivity index (χ0) is 13.0. The number of halogens is 1. The Morgan fingerprint density at radius 3 is 2.94 bits per heavy atom. The SMILES string of the molecule is Cc1ccccc1CCC(=O)N1CCCC1CCl. The Morgan fingerprint density at radius 2 is 2.22 bits per heavy atom. The van der Waals surface area contributed by atoms with E-state index in [9.17, 15) is 4.79 Å². The van der Waals surface area contributed by atoms with Gasteiger partial charge < -0.3 is 4.90 Å². The van der Waals surface area contributed by atoms with E-state index in [0.29, 0.717) is 12.3 Å². The average Bonchev–Trinajstić information content (AvgIpc) is 2.86. The number of carbonyl (C=O) groups is 1. The highest BCUT2D eigenvalue weighted by Crippen LogP contribution is 2.20. The molecular weight excluding hydrogens is 246 g/mol. The van der Waals surface area contributed by atoms with Crippen molar-refractivity contribution in [2.75, 3.05) is 12.4 Å². The minimum atomic E-state index is 0.251. The standard InChI is InChI=1S/C15H20ClNO/c1-12-5-2-3-6-13(12)8-9-15(18)17-10-4-7-14(17)11-16/h2-3,5-6,14H,4,7-11H2,1H3. The van der Waals surface area contributed by atoms with Crippen LogP contribution in [0, 0.1) is 6.92 Å². The summed E-state index contributed by atoms with van der Waals surface area (Å²) in [6, 6.07) is 8.52. The van der Waals surface area contributed by atoms with E-state index in [4.69, 9.17) is 11.6 Å². The Bertz CT molecular complexity index is 419. The zero-order valence-electron chi connectivity index (χ0n) is 10.9. The Balaban J connectivity index is 1.90. The van der Waals surface area contributed by atoms with Gasteiger partial charge in [0.15, 0.2) is 0 Å². The van der Waals surface area contributed by atoms with Crippen LogP contribution < -0.4 is 0 Å². The van der Waals surface area contributed by atoms with E-state index in [1.54, 1.807) is 0 Å². The molecule has 1 aliphatic rings. The van der Waals surface area contributed by atoms with Gasteiger partial charge in [-0.1, -0.05) is 24.3 Å². The molecule has 1 fully saturated rings. The Hall–Kier alpha value is -1.02. The average molecular weight is 266 g/mol. The molecule has 0 saturated carbocycles. The summed E-state index contributed by atoms with van der Waals surface area (Å²) in [5.41, 5.74) is 2.54. The van der Waals surface area contributed by atoms with Crippen LogP contribution in [0.15, 0.2) is 24.3 Å². The van der Waals surface area contributed by atoms with Gasteiger partial charge in [-0.3, -0.25) is 4.79 Å². The molecule has 1 saturated heterocycles. The maximum Gasteiger partial charge on any atom is 0.223 e. The fourth-order valence-corrected chi connectivity index (χ4v) is 2.92. The molecule has 2 nitrogen and oxygen atoms in total. The Labute approximate surface area is 114 Å². The molecular formula is C15H20ClNO. The summed E-state index contributed by atoms with van der Waals surface area (Å²) in [6.45, 7) is 2.97. The topological polar surface area (TPSA) is 20.3 Å². The van der Waals surface area contributed by atoms with Gasteiger partial charge in [0.05, 0.1) is 0 Å². The minimum Gasteiger partial charge on any atom is -0.339 e. The van der Waals surface area contributed by atoms with Crippen LogP contribution in [-0.2, 0) is 11.2 Å². The van der Waals surface area contributed by atoms with Gasteiger partial charge in [-0.15, -0.1) is 11.6 Å². The first-order chi connectivity index (χ1) is 8.72. The maximum atomic E-state index is 12.2. The van der Waals surface area contributed by atoms with Gasteiger partial charge in [-0.2, -0.15) is 0 Å². The lowest BCUT2D eigenvalue weighted by atomic mass is 10.0. The number of amides is 1. The van der Waals surface area contributed by atoms with Gasteiger partial charge in [0, 0.05) is 24.9 Å². The highest BCUT2D eigenvalue weighted by molar-refractivity contribution is 6.18. The molecule has 2 rings (SSSR count). The summed E-state index contributed by atoms with van der Waals surface area (Å²) in [5.74, 6) is 0.817.